The lowest BCUT2D eigenvalue weighted by atomic mass is 9.83. The molecule has 1 saturated carbocycles. The van der Waals surface area contributed by atoms with Gasteiger partial charge in [-0.15, -0.1) is 5.10 Å². The van der Waals surface area contributed by atoms with Crippen LogP contribution in [0.4, 0.5) is 6.01 Å². The molecule has 18 heavy (non-hydrogen) atoms. The monoisotopic (exact) mass is 252 g/mol. The lowest BCUT2D eigenvalue weighted by molar-refractivity contribution is 0.299. The normalized spacial score (nSPS) is 25.9. The number of aromatic nitrogens is 2. The van der Waals surface area contributed by atoms with E-state index < -0.39 is 0 Å². The van der Waals surface area contributed by atoms with Gasteiger partial charge in [-0.25, -0.2) is 0 Å². The maximum atomic E-state index is 5.55. The van der Waals surface area contributed by atoms with Crippen LogP contribution >= 0.6 is 0 Å². The predicted molar refractivity (Wildman–Crippen MR) is 71.4 cm³/mol. The summed E-state index contributed by atoms with van der Waals surface area (Å²) in [4.78, 5) is 0. The topological polar surface area (TPSA) is 63.0 Å². The summed E-state index contributed by atoms with van der Waals surface area (Å²) in [5.74, 6) is 2.28. The predicted octanol–water partition coefficient (Wildman–Crippen LogP) is 2.59. The van der Waals surface area contributed by atoms with Crippen LogP contribution in [0.5, 0.6) is 0 Å². The van der Waals surface area contributed by atoms with Gasteiger partial charge in [-0.2, -0.15) is 0 Å². The highest BCUT2D eigenvalue weighted by atomic mass is 16.4. The number of anilines is 1. The zero-order valence-corrected chi connectivity index (χ0v) is 11.6. The van der Waals surface area contributed by atoms with E-state index in [0.29, 0.717) is 11.9 Å². The molecule has 102 valence electrons. The summed E-state index contributed by atoms with van der Waals surface area (Å²) in [6, 6.07) is 0.648. The summed E-state index contributed by atoms with van der Waals surface area (Å²) in [7, 11) is 1.88. The van der Waals surface area contributed by atoms with E-state index >= 15 is 0 Å². The number of nitrogens with zero attached hydrogens (tertiary/aromatic N) is 2. The van der Waals surface area contributed by atoms with Gasteiger partial charge in [-0.05, 0) is 38.6 Å². The second-order valence-corrected chi connectivity index (χ2v) is 5.46. The van der Waals surface area contributed by atoms with Gasteiger partial charge in [0, 0.05) is 6.54 Å². The second kappa shape index (κ2) is 6.18. The van der Waals surface area contributed by atoms with E-state index in [1.165, 1.54) is 25.7 Å². The van der Waals surface area contributed by atoms with Crippen molar-refractivity contribution >= 4 is 6.01 Å². The molecule has 1 aromatic rings. The van der Waals surface area contributed by atoms with Crippen LogP contribution in [0.1, 0.15) is 51.5 Å². The molecule has 0 aliphatic heterocycles. The Morgan fingerprint density at radius 3 is 2.67 bits per heavy atom. The van der Waals surface area contributed by atoms with Crippen LogP contribution in [0.2, 0.25) is 0 Å². The molecule has 1 aromatic heterocycles. The Kier molecular flexibility index (Phi) is 4.58. The molecule has 0 spiro atoms. The van der Waals surface area contributed by atoms with Gasteiger partial charge in [-0.1, -0.05) is 24.9 Å². The molecule has 1 atom stereocenters. The first-order valence-corrected chi connectivity index (χ1v) is 6.93. The van der Waals surface area contributed by atoms with E-state index in [9.17, 15) is 0 Å². The molecule has 2 rings (SSSR count). The van der Waals surface area contributed by atoms with Gasteiger partial charge >= 0.3 is 6.01 Å². The molecule has 0 radical (unpaired) electrons. The third-order valence-electron chi connectivity index (χ3n) is 3.92. The summed E-state index contributed by atoms with van der Waals surface area (Å²) in [6.45, 7) is 5.29. The van der Waals surface area contributed by atoms with Crippen LogP contribution in [0.25, 0.3) is 0 Å². The molecule has 1 aliphatic rings. The van der Waals surface area contributed by atoms with E-state index in [1.54, 1.807) is 0 Å². The van der Waals surface area contributed by atoms with Crippen molar-refractivity contribution in [2.45, 2.75) is 45.6 Å². The molecular weight excluding hydrogens is 228 g/mol. The number of nitrogens with one attached hydrogen (secondary N) is 2. The quantitative estimate of drug-likeness (QED) is 0.843. The van der Waals surface area contributed by atoms with Crippen molar-refractivity contribution in [2.75, 3.05) is 18.9 Å². The summed E-state index contributed by atoms with van der Waals surface area (Å²) in [6.07, 6.45) is 5.31. The van der Waals surface area contributed by atoms with Crippen molar-refractivity contribution in [1.29, 1.82) is 0 Å². The first kappa shape index (κ1) is 13.3. The van der Waals surface area contributed by atoms with Gasteiger partial charge in [0.1, 0.15) is 0 Å². The van der Waals surface area contributed by atoms with Crippen molar-refractivity contribution in [3.05, 3.63) is 5.89 Å². The molecule has 1 unspecified atom stereocenters. The molecule has 0 bridgehead atoms. The first-order chi connectivity index (χ1) is 8.69. The smallest absolute Gasteiger partial charge is 0.315 e. The Morgan fingerprint density at radius 1 is 1.28 bits per heavy atom. The molecule has 1 aliphatic carbocycles. The van der Waals surface area contributed by atoms with E-state index in [2.05, 4.69) is 27.8 Å². The van der Waals surface area contributed by atoms with E-state index in [-0.39, 0.29) is 6.04 Å². The van der Waals surface area contributed by atoms with E-state index in [4.69, 9.17) is 4.42 Å². The summed E-state index contributed by atoms with van der Waals surface area (Å²) >= 11 is 0. The minimum atomic E-state index is 0.101. The van der Waals surface area contributed by atoms with Gasteiger partial charge in [0.2, 0.25) is 5.89 Å². The molecule has 2 N–H and O–H groups in total. The standard InChI is InChI=1S/C13H24N4O/c1-9-4-6-11(7-5-9)8-15-13-17-16-12(18-13)10(2)14-3/h9-11,14H,4-8H2,1-3H3,(H,15,17). The Bertz CT molecular complexity index is 358. The molecular formula is C13H24N4O. The first-order valence-electron chi connectivity index (χ1n) is 6.93. The van der Waals surface area contributed by atoms with Crippen LogP contribution in [0, 0.1) is 11.8 Å². The Labute approximate surface area is 109 Å². The summed E-state index contributed by atoms with van der Waals surface area (Å²) in [5.41, 5.74) is 0. The van der Waals surface area contributed by atoms with Crippen molar-refractivity contribution < 1.29 is 4.42 Å². The maximum Gasteiger partial charge on any atom is 0.315 e. The largest absolute Gasteiger partial charge is 0.406 e. The molecule has 5 heteroatoms. The third-order valence-corrected chi connectivity index (χ3v) is 3.92. The van der Waals surface area contributed by atoms with Crippen LogP contribution in [-0.4, -0.2) is 23.8 Å². The SMILES string of the molecule is CNC(C)c1nnc(NCC2CCC(C)CC2)o1. The lowest BCUT2D eigenvalue weighted by Gasteiger charge is -2.25. The number of hydrogen-bond donors (Lipinski definition) is 2. The second-order valence-electron chi connectivity index (χ2n) is 5.46. The number of rotatable bonds is 5. The van der Waals surface area contributed by atoms with Crippen LogP contribution in [0.15, 0.2) is 4.42 Å². The minimum Gasteiger partial charge on any atom is -0.406 e. The summed E-state index contributed by atoms with van der Waals surface area (Å²) in [5, 5.41) is 14.4. The molecule has 0 amide bonds. The summed E-state index contributed by atoms with van der Waals surface area (Å²) < 4.78 is 5.55. The van der Waals surface area contributed by atoms with Gasteiger partial charge < -0.3 is 15.1 Å². The minimum absolute atomic E-state index is 0.101. The zero-order chi connectivity index (χ0) is 13.0. The Hall–Kier alpha value is -1.10. The third kappa shape index (κ3) is 3.45. The highest BCUT2D eigenvalue weighted by molar-refractivity contribution is 5.17. The fourth-order valence-electron chi connectivity index (χ4n) is 2.37. The van der Waals surface area contributed by atoms with Crippen molar-refractivity contribution in [2.24, 2.45) is 11.8 Å². The van der Waals surface area contributed by atoms with Crippen LogP contribution < -0.4 is 10.6 Å². The average Bonchev–Trinajstić information content (AvgIpc) is 2.86. The average molecular weight is 252 g/mol. The fourth-order valence-corrected chi connectivity index (χ4v) is 2.37. The maximum absolute atomic E-state index is 5.55. The Morgan fingerprint density at radius 2 is 2.00 bits per heavy atom. The highest BCUT2D eigenvalue weighted by Gasteiger charge is 2.19. The van der Waals surface area contributed by atoms with Crippen LogP contribution in [0.3, 0.4) is 0 Å². The number of hydrogen-bond acceptors (Lipinski definition) is 5. The van der Waals surface area contributed by atoms with Gasteiger partial charge in [0.25, 0.3) is 0 Å². The molecule has 0 aromatic carbocycles. The Balaban J connectivity index is 1.78. The lowest BCUT2D eigenvalue weighted by Crippen LogP contribution is -2.20. The molecule has 1 heterocycles. The van der Waals surface area contributed by atoms with E-state index in [1.807, 2.05) is 14.0 Å². The molecule has 5 nitrogen and oxygen atoms in total. The fraction of sp³-hybridized carbons (Fsp3) is 0.846. The molecule has 1 fully saturated rings. The van der Waals surface area contributed by atoms with Gasteiger partial charge in [0.15, 0.2) is 0 Å². The van der Waals surface area contributed by atoms with Crippen LogP contribution in [-0.2, 0) is 0 Å². The van der Waals surface area contributed by atoms with Crippen molar-refractivity contribution in [3.63, 3.8) is 0 Å². The van der Waals surface area contributed by atoms with E-state index in [0.717, 1.165) is 18.4 Å². The highest BCUT2D eigenvalue weighted by Crippen LogP contribution is 2.28. The van der Waals surface area contributed by atoms with Gasteiger partial charge in [-0.3, -0.25) is 0 Å². The van der Waals surface area contributed by atoms with Gasteiger partial charge in [0.05, 0.1) is 6.04 Å². The van der Waals surface area contributed by atoms with Crippen molar-refractivity contribution in [3.8, 4) is 0 Å². The van der Waals surface area contributed by atoms with Crippen molar-refractivity contribution in [1.82, 2.24) is 15.5 Å². The molecule has 0 saturated heterocycles. The zero-order valence-electron chi connectivity index (χ0n) is 11.6.